The van der Waals surface area contributed by atoms with E-state index in [4.69, 9.17) is 4.74 Å². The van der Waals surface area contributed by atoms with Crippen LogP contribution in [-0.2, 0) is 24.8 Å². The molecule has 2 aromatic heterocycles. The molecule has 0 radical (unpaired) electrons. The Morgan fingerprint density at radius 2 is 2.03 bits per heavy atom. The number of aromatic nitrogens is 5. The summed E-state index contributed by atoms with van der Waals surface area (Å²) >= 11 is 1.59. The van der Waals surface area contributed by atoms with E-state index < -0.39 is 5.60 Å². The molecular formula is C25H25N5O2S. The molecule has 168 valence electrons. The van der Waals surface area contributed by atoms with Gasteiger partial charge in [0.2, 0.25) is 0 Å². The van der Waals surface area contributed by atoms with Crippen LogP contribution in [0, 0.1) is 0 Å². The zero-order valence-corrected chi connectivity index (χ0v) is 19.4. The molecule has 2 heterocycles. The first kappa shape index (κ1) is 21.5. The SMILES string of the molecule is Cn1cnnc1SCc1c(O[C@@](C)(c2ccccc2)c2ncc[nH]2)ccc2c1CCCC2=O. The van der Waals surface area contributed by atoms with Gasteiger partial charge in [-0.3, -0.25) is 4.79 Å². The van der Waals surface area contributed by atoms with Crippen molar-refractivity contribution in [3.05, 3.63) is 89.3 Å². The fourth-order valence-electron chi connectivity index (χ4n) is 4.32. The minimum atomic E-state index is -0.831. The van der Waals surface area contributed by atoms with Gasteiger partial charge in [0.15, 0.2) is 22.4 Å². The third-order valence-corrected chi connectivity index (χ3v) is 7.18. The summed E-state index contributed by atoms with van der Waals surface area (Å²) in [4.78, 5) is 20.4. The topological polar surface area (TPSA) is 85.7 Å². The number of aromatic amines is 1. The zero-order chi connectivity index (χ0) is 22.8. The first-order chi connectivity index (χ1) is 16.1. The Hall–Kier alpha value is -3.39. The molecule has 4 aromatic rings. The minimum absolute atomic E-state index is 0.199. The predicted octanol–water partition coefficient (Wildman–Crippen LogP) is 4.69. The van der Waals surface area contributed by atoms with Crippen molar-refractivity contribution in [2.75, 3.05) is 0 Å². The number of benzene rings is 2. The van der Waals surface area contributed by atoms with Crippen LogP contribution in [0.5, 0.6) is 5.75 Å². The van der Waals surface area contributed by atoms with Gasteiger partial charge >= 0.3 is 0 Å². The van der Waals surface area contributed by atoms with Crippen molar-refractivity contribution in [3.63, 3.8) is 0 Å². The fourth-order valence-corrected chi connectivity index (χ4v) is 5.26. The summed E-state index contributed by atoms with van der Waals surface area (Å²) in [7, 11) is 1.92. The van der Waals surface area contributed by atoms with E-state index in [0.717, 1.165) is 51.8 Å². The second kappa shape index (κ2) is 8.86. The summed E-state index contributed by atoms with van der Waals surface area (Å²) in [5.41, 5.74) is 3.07. The highest BCUT2D eigenvalue weighted by Gasteiger charge is 2.35. The van der Waals surface area contributed by atoms with E-state index in [-0.39, 0.29) is 5.78 Å². The van der Waals surface area contributed by atoms with Crippen molar-refractivity contribution in [2.45, 2.75) is 42.7 Å². The summed E-state index contributed by atoms with van der Waals surface area (Å²) in [5.74, 6) is 2.29. The molecule has 0 saturated heterocycles. The number of aryl methyl sites for hydroxylation is 1. The molecule has 1 N–H and O–H groups in total. The summed E-state index contributed by atoms with van der Waals surface area (Å²) < 4.78 is 8.70. The Balaban J connectivity index is 1.59. The Morgan fingerprint density at radius 1 is 1.18 bits per heavy atom. The average molecular weight is 460 g/mol. The Labute approximate surface area is 196 Å². The number of Topliss-reactive ketones (excluding diaryl/α,β-unsaturated/α-hetero) is 1. The molecule has 7 nitrogen and oxygen atoms in total. The molecule has 1 aliphatic rings. The third kappa shape index (κ3) is 4.06. The summed E-state index contributed by atoms with van der Waals surface area (Å²) in [5, 5.41) is 9.00. The van der Waals surface area contributed by atoms with E-state index in [0.29, 0.717) is 12.2 Å². The van der Waals surface area contributed by atoms with Gasteiger partial charge in [0.1, 0.15) is 12.1 Å². The molecule has 0 fully saturated rings. The van der Waals surface area contributed by atoms with Crippen LogP contribution in [-0.4, -0.2) is 30.5 Å². The molecule has 0 saturated carbocycles. The molecule has 0 amide bonds. The number of nitrogens with zero attached hydrogens (tertiary/aromatic N) is 4. The van der Waals surface area contributed by atoms with Crippen LogP contribution in [0.25, 0.3) is 0 Å². The van der Waals surface area contributed by atoms with Crippen LogP contribution in [0.1, 0.15) is 52.6 Å². The highest BCUT2D eigenvalue weighted by molar-refractivity contribution is 7.98. The van der Waals surface area contributed by atoms with Crippen molar-refractivity contribution < 1.29 is 9.53 Å². The van der Waals surface area contributed by atoms with Gasteiger partial charge in [0.05, 0.1) is 0 Å². The number of carbonyl (C=O) groups excluding carboxylic acids is 1. The molecule has 0 aliphatic heterocycles. The van der Waals surface area contributed by atoms with Gasteiger partial charge in [-0.25, -0.2) is 4.98 Å². The molecule has 8 heteroatoms. The lowest BCUT2D eigenvalue weighted by molar-refractivity contribution is 0.0971. The van der Waals surface area contributed by atoms with Crippen LogP contribution in [0.3, 0.4) is 0 Å². The minimum Gasteiger partial charge on any atom is -0.475 e. The van der Waals surface area contributed by atoms with Gasteiger partial charge in [0, 0.05) is 48.3 Å². The number of ketones is 1. The van der Waals surface area contributed by atoms with Crippen molar-refractivity contribution in [2.24, 2.45) is 7.05 Å². The van der Waals surface area contributed by atoms with Gasteiger partial charge in [0.25, 0.3) is 0 Å². The first-order valence-electron chi connectivity index (χ1n) is 11.0. The van der Waals surface area contributed by atoms with Crippen molar-refractivity contribution in [3.8, 4) is 5.75 Å². The van der Waals surface area contributed by atoms with Crippen LogP contribution in [0.4, 0.5) is 0 Å². The largest absolute Gasteiger partial charge is 0.475 e. The van der Waals surface area contributed by atoms with Gasteiger partial charge in [-0.1, -0.05) is 42.1 Å². The normalized spacial score (nSPS) is 15.2. The molecule has 33 heavy (non-hydrogen) atoms. The van der Waals surface area contributed by atoms with E-state index >= 15 is 0 Å². The molecule has 2 aromatic carbocycles. The van der Waals surface area contributed by atoms with E-state index in [1.165, 1.54) is 0 Å². The number of carbonyl (C=O) groups is 1. The molecular weight excluding hydrogens is 434 g/mol. The zero-order valence-electron chi connectivity index (χ0n) is 18.6. The molecule has 5 rings (SSSR count). The quantitative estimate of drug-likeness (QED) is 0.404. The van der Waals surface area contributed by atoms with E-state index in [2.05, 4.69) is 20.2 Å². The fraction of sp³-hybridized carbons (Fsp3) is 0.280. The van der Waals surface area contributed by atoms with E-state index in [1.54, 1.807) is 30.5 Å². The predicted molar refractivity (Wildman–Crippen MR) is 126 cm³/mol. The Kier molecular flexibility index (Phi) is 5.76. The number of thioether (sulfide) groups is 1. The number of ether oxygens (including phenoxy) is 1. The van der Waals surface area contributed by atoms with Crippen molar-refractivity contribution in [1.29, 1.82) is 0 Å². The van der Waals surface area contributed by atoms with Crippen LogP contribution < -0.4 is 4.74 Å². The monoisotopic (exact) mass is 459 g/mol. The number of hydrogen-bond acceptors (Lipinski definition) is 6. The number of nitrogens with one attached hydrogen (secondary N) is 1. The summed E-state index contributed by atoms with van der Waals surface area (Å²) in [6.45, 7) is 2.02. The van der Waals surface area contributed by atoms with Crippen LogP contribution in [0.15, 0.2) is 66.3 Å². The van der Waals surface area contributed by atoms with E-state index in [9.17, 15) is 4.79 Å². The maximum atomic E-state index is 12.6. The molecule has 0 spiro atoms. The van der Waals surface area contributed by atoms with Crippen molar-refractivity contribution >= 4 is 17.5 Å². The second-order valence-electron chi connectivity index (χ2n) is 8.30. The lowest BCUT2D eigenvalue weighted by atomic mass is 9.87. The van der Waals surface area contributed by atoms with Gasteiger partial charge in [-0.2, -0.15) is 0 Å². The smallest absolute Gasteiger partial charge is 0.191 e. The summed E-state index contributed by atoms with van der Waals surface area (Å²) in [6.07, 6.45) is 7.53. The first-order valence-corrected chi connectivity index (χ1v) is 11.9. The maximum Gasteiger partial charge on any atom is 0.191 e. The third-order valence-electron chi connectivity index (χ3n) is 6.12. The number of fused-ring (bicyclic) bond motifs is 1. The standard InChI is InChI=1S/C25H25N5O2S/c1-25(23-26-13-14-27-23,17-7-4-3-5-8-17)32-22-12-11-19-18(9-6-10-21(19)31)20(22)15-33-24-29-28-16-30(24)2/h3-5,7-8,11-14,16H,6,9-10,15H2,1-2H3,(H,26,27)/t25-/m0/s1. The number of rotatable bonds is 7. The molecule has 0 unspecified atom stereocenters. The maximum absolute atomic E-state index is 12.6. The summed E-state index contributed by atoms with van der Waals surface area (Å²) in [6, 6.07) is 13.9. The lowest BCUT2D eigenvalue weighted by Crippen LogP contribution is -2.33. The molecule has 1 aliphatic carbocycles. The van der Waals surface area contributed by atoms with Gasteiger partial charge in [-0.15, -0.1) is 10.2 Å². The number of hydrogen-bond donors (Lipinski definition) is 1. The molecule has 1 atom stereocenters. The highest BCUT2D eigenvalue weighted by Crippen LogP contribution is 2.40. The van der Waals surface area contributed by atoms with Gasteiger partial charge < -0.3 is 14.3 Å². The van der Waals surface area contributed by atoms with Crippen LogP contribution >= 0.6 is 11.8 Å². The second-order valence-corrected chi connectivity index (χ2v) is 9.24. The average Bonchev–Trinajstić information content (AvgIpc) is 3.51. The lowest BCUT2D eigenvalue weighted by Gasteiger charge is -2.32. The van der Waals surface area contributed by atoms with E-state index in [1.807, 2.05) is 61.0 Å². The number of H-pyrrole nitrogens is 1. The van der Waals surface area contributed by atoms with Crippen molar-refractivity contribution in [1.82, 2.24) is 24.7 Å². The molecule has 0 bridgehead atoms. The van der Waals surface area contributed by atoms with Crippen LogP contribution in [0.2, 0.25) is 0 Å². The highest BCUT2D eigenvalue weighted by atomic mass is 32.2. The number of imidazole rings is 1. The van der Waals surface area contributed by atoms with Gasteiger partial charge in [-0.05, 0) is 37.5 Å². The Bertz CT molecular complexity index is 1270. The Morgan fingerprint density at radius 3 is 2.76 bits per heavy atom.